The Kier molecular flexibility index (Phi) is 4.06. The third-order valence-electron chi connectivity index (χ3n) is 4.28. The number of hydrogen-bond acceptors (Lipinski definition) is 5. The van der Waals surface area contributed by atoms with Crippen LogP contribution in [0.15, 0.2) is 0 Å². The number of amides is 1. The zero-order valence-corrected chi connectivity index (χ0v) is 13.5. The van der Waals surface area contributed by atoms with Crippen LogP contribution in [0.25, 0.3) is 0 Å². The van der Waals surface area contributed by atoms with Gasteiger partial charge in [-0.05, 0) is 43.9 Å². The van der Waals surface area contributed by atoms with Crippen LogP contribution in [0.2, 0.25) is 0 Å². The van der Waals surface area contributed by atoms with E-state index < -0.39 is 0 Å². The summed E-state index contributed by atoms with van der Waals surface area (Å²) in [4.78, 5) is 17.2. The number of anilines is 2. The zero-order valence-electron chi connectivity index (χ0n) is 12.7. The zero-order chi connectivity index (χ0) is 15.0. The summed E-state index contributed by atoms with van der Waals surface area (Å²) in [6.45, 7) is 4.51. The van der Waals surface area contributed by atoms with E-state index in [1.165, 1.54) is 30.6 Å². The number of nitrogens with two attached hydrogens (primary N) is 1. The predicted octanol–water partition coefficient (Wildman–Crippen LogP) is 2.85. The van der Waals surface area contributed by atoms with Gasteiger partial charge < -0.3 is 16.4 Å². The van der Waals surface area contributed by atoms with Gasteiger partial charge in [-0.2, -0.15) is 0 Å². The summed E-state index contributed by atoms with van der Waals surface area (Å²) in [7, 11) is 0. The molecule has 0 bridgehead atoms. The Morgan fingerprint density at radius 2 is 1.86 bits per heavy atom. The molecule has 0 radical (unpaired) electrons. The molecule has 1 aromatic heterocycles. The van der Waals surface area contributed by atoms with Gasteiger partial charge in [0.15, 0.2) is 5.13 Å². The van der Waals surface area contributed by atoms with Gasteiger partial charge in [0, 0.05) is 12.1 Å². The lowest BCUT2D eigenvalue weighted by atomic mass is 9.80. The number of nitrogens with one attached hydrogen (secondary N) is 2. The Balaban J connectivity index is 1.62. The van der Waals surface area contributed by atoms with E-state index in [0.29, 0.717) is 28.6 Å². The molecule has 0 saturated heterocycles. The van der Waals surface area contributed by atoms with E-state index in [9.17, 15) is 4.79 Å². The standard InChI is InChI=1S/C15H24N4OS/c1-8-5-9(2)7-11(6-8)17-14(20)12-13(16)19-15(21-12)18-10-3-4-10/h8-11H,3-7,16H2,1-2H3,(H,17,20)(H,18,19). The van der Waals surface area contributed by atoms with Crippen LogP contribution in [0.4, 0.5) is 10.9 Å². The molecule has 1 aromatic rings. The number of nitrogens with zero attached hydrogens (tertiary/aromatic N) is 1. The first-order chi connectivity index (χ1) is 10.0. The minimum absolute atomic E-state index is 0.0693. The summed E-state index contributed by atoms with van der Waals surface area (Å²) in [5, 5.41) is 7.21. The van der Waals surface area contributed by atoms with Crippen LogP contribution in [0.3, 0.4) is 0 Å². The van der Waals surface area contributed by atoms with Crippen molar-refractivity contribution < 1.29 is 4.79 Å². The highest BCUT2D eigenvalue weighted by molar-refractivity contribution is 7.18. The van der Waals surface area contributed by atoms with E-state index >= 15 is 0 Å². The molecule has 4 N–H and O–H groups in total. The molecule has 6 heteroatoms. The molecule has 0 spiro atoms. The van der Waals surface area contributed by atoms with Gasteiger partial charge in [-0.1, -0.05) is 25.2 Å². The van der Waals surface area contributed by atoms with Gasteiger partial charge in [0.25, 0.3) is 5.91 Å². The van der Waals surface area contributed by atoms with E-state index in [2.05, 4.69) is 29.5 Å². The maximum atomic E-state index is 12.4. The van der Waals surface area contributed by atoms with Crippen molar-refractivity contribution in [2.75, 3.05) is 11.1 Å². The fraction of sp³-hybridized carbons (Fsp3) is 0.733. The fourth-order valence-corrected chi connectivity index (χ4v) is 4.14. The minimum atomic E-state index is -0.0693. The van der Waals surface area contributed by atoms with Gasteiger partial charge in [-0.3, -0.25) is 4.79 Å². The Labute approximate surface area is 129 Å². The number of hydrogen-bond donors (Lipinski definition) is 3. The van der Waals surface area contributed by atoms with Gasteiger partial charge in [-0.25, -0.2) is 4.98 Å². The number of nitrogen functional groups attached to an aromatic ring is 1. The fourth-order valence-electron chi connectivity index (χ4n) is 3.27. The number of aromatic nitrogens is 1. The van der Waals surface area contributed by atoms with Crippen LogP contribution in [0, 0.1) is 11.8 Å². The van der Waals surface area contributed by atoms with Gasteiger partial charge in [0.2, 0.25) is 0 Å². The lowest BCUT2D eigenvalue weighted by Gasteiger charge is -2.31. The molecule has 0 aromatic carbocycles. The molecule has 3 rings (SSSR count). The van der Waals surface area contributed by atoms with Crippen molar-refractivity contribution in [2.45, 2.75) is 58.0 Å². The highest BCUT2D eigenvalue weighted by Gasteiger charge is 2.28. The van der Waals surface area contributed by atoms with Gasteiger partial charge in [0.05, 0.1) is 0 Å². The number of carbonyl (C=O) groups is 1. The summed E-state index contributed by atoms with van der Waals surface area (Å²) < 4.78 is 0. The van der Waals surface area contributed by atoms with Crippen molar-refractivity contribution >= 4 is 28.2 Å². The van der Waals surface area contributed by atoms with Crippen molar-refractivity contribution in [3.05, 3.63) is 4.88 Å². The molecule has 21 heavy (non-hydrogen) atoms. The Morgan fingerprint density at radius 3 is 2.48 bits per heavy atom. The quantitative estimate of drug-likeness (QED) is 0.799. The molecule has 2 saturated carbocycles. The molecule has 5 nitrogen and oxygen atoms in total. The van der Waals surface area contributed by atoms with E-state index in [4.69, 9.17) is 5.73 Å². The molecule has 2 fully saturated rings. The second-order valence-corrected chi connectivity index (χ2v) is 7.74. The summed E-state index contributed by atoms with van der Waals surface area (Å²) in [5.74, 6) is 1.62. The first kappa shape index (κ1) is 14.6. The van der Waals surface area contributed by atoms with Crippen LogP contribution in [0.1, 0.15) is 55.6 Å². The third kappa shape index (κ3) is 3.67. The van der Waals surface area contributed by atoms with Crippen LogP contribution in [-0.4, -0.2) is 23.0 Å². The van der Waals surface area contributed by atoms with Crippen LogP contribution < -0.4 is 16.4 Å². The van der Waals surface area contributed by atoms with Crippen molar-refractivity contribution in [1.29, 1.82) is 0 Å². The summed E-state index contributed by atoms with van der Waals surface area (Å²) in [5.41, 5.74) is 5.90. The average Bonchev–Trinajstić information content (AvgIpc) is 3.10. The van der Waals surface area contributed by atoms with Crippen molar-refractivity contribution in [3.63, 3.8) is 0 Å². The topological polar surface area (TPSA) is 80.0 Å². The minimum Gasteiger partial charge on any atom is -0.382 e. The maximum absolute atomic E-state index is 12.4. The van der Waals surface area contributed by atoms with Crippen LogP contribution >= 0.6 is 11.3 Å². The first-order valence-corrected chi connectivity index (χ1v) is 8.66. The number of thiazole rings is 1. The molecule has 116 valence electrons. The number of rotatable bonds is 4. The smallest absolute Gasteiger partial charge is 0.265 e. The summed E-state index contributed by atoms with van der Waals surface area (Å²) >= 11 is 1.37. The second-order valence-electron chi connectivity index (χ2n) is 6.74. The number of carbonyl (C=O) groups excluding carboxylic acids is 1. The lowest BCUT2D eigenvalue weighted by Crippen LogP contribution is -2.39. The van der Waals surface area contributed by atoms with Gasteiger partial charge in [0.1, 0.15) is 10.7 Å². The second kappa shape index (κ2) is 5.83. The summed E-state index contributed by atoms with van der Waals surface area (Å²) in [6, 6.07) is 0.782. The highest BCUT2D eigenvalue weighted by Crippen LogP contribution is 2.32. The van der Waals surface area contributed by atoms with Crippen molar-refractivity contribution in [3.8, 4) is 0 Å². The van der Waals surface area contributed by atoms with Gasteiger partial charge >= 0.3 is 0 Å². The SMILES string of the molecule is CC1CC(C)CC(NC(=O)c2sc(NC3CC3)nc2N)C1. The largest absolute Gasteiger partial charge is 0.382 e. The normalized spacial score (nSPS) is 29.1. The third-order valence-corrected chi connectivity index (χ3v) is 5.28. The van der Waals surface area contributed by atoms with E-state index in [1.807, 2.05) is 0 Å². The highest BCUT2D eigenvalue weighted by atomic mass is 32.1. The Bertz CT molecular complexity index is 516. The molecule has 1 heterocycles. The molecule has 2 aliphatic rings. The van der Waals surface area contributed by atoms with Crippen molar-refractivity contribution in [1.82, 2.24) is 10.3 Å². The molecule has 2 unspecified atom stereocenters. The monoisotopic (exact) mass is 308 g/mol. The van der Waals surface area contributed by atoms with E-state index in [-0.39, 0.29) is 11.9 Å². The Morgan fingerprint density at radius 1 is 1.19 bits per heavy atom. The maximum Gasteiger partial charge on any atom is 0.265 e. The predicted molar refractivity (Wildman–Crippen MR) is 86.6 cm³/mol. The molecular weight excluding hydrogens is 284 g/mol. The van der Waals surface area contributed by atoms with Crippen LogP contribution in [-0.2, 0) is 0 Å². The first-order valence-electron chi connectivity index (χ1n) is 7.85. The van der Waals surface area contributed by atoms with E-state index in [0.717, 1.165) is 18.0 Å². The van der Waals surface area contributed by atoms with Gasteiger partial charge in [-0.15, -0.1) is 0 Å². The van der Waals surface area contributed by atoms with Crippen LogP contribution in [0.5, 0.6) is 0 Å². The molecule has 1 amide bonds. The Hall–Kier alpha value is -1.30. The lowest BCUT2D eigenvalue weighted by molar-refractivity contribution is 0.0916. The molecule has 2 aliphatic carbocycles. The molecule has 2 atom stereocenters. The van der Waals surface area contributed by atoms with Crippen molar-refractivity contribution in [2.24, 2.45) is 11.8 Å². The molecular formula is C15H24N4OS. The van der Waals surface area contributed by atoms with E-state index in [1.54, 1.807) is 0 Å². The molecule has 0 aliphatic heterocycles. The summed E-state index contributed by atoms with van der Waals surface area (Å²) in [6.07, 6.45) is 5.73. The average molecular weight is 308 g/mol.